The number of hydrogen-bond acceptors (Lipinski definition) is 5. The first-order chi connectivity index (χ1) is 10.2. The van der Waals surface area contributed by atoms with Gasteiger partial charge in [0.1, 0.15) is 28.5 Å². The number of halogens is 2. The van der Waals surface area contributed by atoms with Gasteiger partial charge in [0.05, 0.1) is 11.3 Å². The minimum atomic E-state index is 0.540. The van der Waals surface area contributed by atoms with Crippen molar-refractivity contribution < 1.29 is 0 Å². The van der Waals surface area contributed by atoms with Crippen molar-refractivity contribution in [1.29, 1.82) is 5.26 Å². The van der Waals surface area contributed by atoms with Gasteiger partial charge in [0, 0.05) is 11.0 Å². The molecule has 0 spiro atoms. The van der Waals surface area contributed by atoms with Crippen LogP contribution in [0.1, 0.15) is 18.9 Å². The van der Waals surface area contributed by atoms with E-state index in [4.69, 9.17) is 0 Å². The van der Waals surface area contributed by atoms with Gasteiger partial charge in [-0.2, -0.15) is 5.26 Å². The van der Waals surface area contributed by atoms with E-state index in [1.54, 1.807) is 6.07 Å². The molecule has 0 unspecified atom stereocenters. The zero-order valence-corrected chi connectivity index (χ0v) is 14.5. The van der Waals surface area contributed by atoms with E-state index < -0.39 is 0 Å². The van der Waals surface area contributed by atoms with Gasteiger partial charge in [-0.05, 0) is 40.5 Å². The lowest BCUT2D eigenvalue weighted by atomic mass is 10.2. The van der Waals surface area contributed by atoms with Crippen LogP contribution in [0.4, 0.5) is 17.3 Å². The van der Waals surface area contributed by atoms with Crippen molar-refractivity contribution in [3.8, 4) is 6.07 Å². The second-order valence-electron chi connectivity index (χ2n) is 4.24. The van der Waals surface area contributed by atoms with E-state index in [2.05, 4.69) is 65.5 Å². The van der Waals surface area contributed by atoms with Crippen LogP contribution in [0.15, 0.2) is 33.5 Å². The molecule has 1 aromatic carbocycles. The molecular weight excluding hydrogens is 398 g/mol. The lowest BCUT2D eigenvalue weighted by Crippen LogP contribution is -2.05. The topological polar surface area (TPSA) is 73.6 Å². The molecule has 0 aliphatic carbocycles. The molecule has 108 valence electrons. The lowest BCUT2D eigenvalue weighted by molar-refractivity contribution is 0.962. The number of nitrogens with zero attached hydrogens (tertiary/aromatic N) is 3. The monoisotopic (exact) mass is 409 g/mol. The van der Waals surface area contributed by atoms with Gasteiger partial charge >= 0.3 is 0 Å². The highest BCUT2D eigenvalue weighted by molar-refractivity contribution is 9.11. The summed E-state index contributed by atoms with van der Waals surface area (Å²) in [7, 11) is 0. The van der Waals surface area contributed by atoms with Crippen LogP contribution in [0.5, 0.6) is 0 Å². The highest BCUT2D eigenvalue weighted by Gasteiger charge is 2.10. The Morgan fingerprint density at radius 3 is 2.71 bits per heavy atom. The molecule has 0 saturated heterocycles. The molecule has 0 bridgehead atoms. The zero-order valence-electron chi connectivity index (χ0n) is 11.3. The van der Waals surface area contributed by atoms with E-state index >= 15 is 0 Å². The van der Waals surface area contributed by atoms with Crippen molar-refractivity contribution >= 4 is 49.2 Å². The summed E-state index contributed by atoms with van der Waals surface area (Å²) < 4.78 is 1.60. The first-order valence-corrected chi connectivity index (χ1v) is 7.95. The summed E-state index contributed by atoms with van der Waals surface area (Å²) in [5.74, 6) is 1.34. The van der Waals surface area contributed by atoms with Crippen molar-refractivity contribution in [1.82, 2.24) is 9.97 Å². The second-order valence-corrected chi connectivity index (χ2v) is 5.95. The molecule has 0 aliphatic rings. The standard InChI is InChI=1S/C14H13Br2N5/c1-2-5-18-13-12(16)14(20-8-19-13)21-11-4-3-10(15)6-9(11)7-17/h3-4,6,8H,2,5H2,1H3,(H2,18,19,20,21). The van der Waals surface area contributed by atoms with Crippen molar-refractivity contribution in [3.05, 3.63) is 39.0 Å². The molecule has 5 nitrogen and oxygen atoms in total. The number of anilines is 3. The van der Waals surface area contributed by atoms with E-state index in [-0.39, 0.29) is 0 Å². The fraction of sp³-hybridized carbons (Fsp3) is 0.214. The summed E-state index contributed by atoms with van der Waals surface area (Å²) in [6, 6.07) is 7.62. The molecule has 2 aromatic rings. The van der Waals surface area contributed by atoms with Gasteiger partial charge in [-0.15, -0.1) is 0 Å². The fourth-order valence-corrected chi connectivity index (χ4v) is 2.47. The quantitative estimate of drug-likeness (QED) is 0.762. The summed E-state index contributed by atoms with van der Waals surface area (Å²) in [6.45, 7) is 2.92. The molecule has 0 saturated carbocycles. The number of nitrogens with one attached hydrogen (secondary N) is 2. The van der Waals surface area contributed by atoms with Gasteiger partial charge in [0.25, 0.3) is 0 Å². The van der Waals surface area contributed by atoms with Crippen LogP contribution < -0.4 is 10.6 Å². The largest absolute Gasteiger partial charge is 0.369 e. The van der Waals surface area contributed by atoms with Crippen LogP contribution >= 0.6 is 31.9 Å². The molecule has 0 fully saturated rings. The van der Waals surface area contributed by atoms with Gasteiger partial charge in [-0.3, -0.25) is 0 Å². The third-order valence-corrected chi connectivity index (χ3v) is 3.93. The average Bonchev–Trinajstić information content (AvgIpc) is 2.49. The predicted octanol–water partition coefficient (Wildman–Crippen LogP) is 4.44. The number of nitriles is 1. The molecule has 0 amide bonds. The van der Waals surface area contributed by atoms with E-state index in [9.17, 15) is 5.26 Å². The minimum absolute atomic E-state index is 0.540. The summed E-state index contributed by atoms with van der Waals surface area (Å²) in [5.41, 5.74) is 1.24. The van der Waals surface area contributed by atoms with Gasteiger partial charge in [0.15, 0.2) is 0 Å². The Bertz CT molecular complexity index is 682. The number of rotatable bonds is 5. The average molecular weight is 411 g/mol. The Labute approximate surface area is 140 Å². The zero-order chi connectivity index (χ0) is 15.2. The molecule has 21 heavy (non-hydrogen) atoms. The first-order valence-electron chi connectivity index (χ1n) is 6.36. The molecule has 1 heterocycles. The van der Waals surface area contributed by atoms with Crippen molar-refractivity contribution in [2.24, 2.45) is 0 Å². The first kappa shape index (κ1) is 15.7. The maximum atomic E-state index is 9.19. The Kier molecular flexibility index (Phi) is 5.53. The van der Waals surface area contributed by atoms with Gasteiger partial charge in [-0.25, -0.2) is 9.97 Å². The normalized spacial score (nSPS) is 10.0. The van der Waals surface area contributed by atoms with E-state index in [1.165, 1.54) is 6.33 Å². The smallest absolute Gasteiger partial charge is 0.150 e. The van der Waals surface area contributed by atoms with Crippen LogP contribution in [0, 0.1) is 11.3 Å². The fourth-order valence-electron chi connectivity index (χ4n) is 1.67. The SMILES string of the molecule is CCCNc1ncnc(Nc2ccc(Br)cc2C#N)c1Br. The molecule has 7 heteroatoms. The Balaban J connectivity index is 2.30. The Hall–Kier alpha value is -1.65. The van der Waals surface area contributed by atoms with Crippen molar-refractivity contribution in [2.75, 3.05) is 17.2 Å². The van der Waals surface area contributed by atoms with Gasteiger partial charge < -0.3 is 10.6 Å². The number of benzene rings is 1. The van der Waals surface area contributed by atoms with Crippen LogP contribution in [0.25, 0.3) is 0 Å². The van der Waals surface area contributed by atoms with E-state index in [1.807, 2.05) is 12.1 Å². The van der Waals surface area contributed by atoms with E-state index in [0.29, 0.717) is 17.1 Å². The van der Waals surface area contributed by atoms with Crippen molar-refractivity contribution in [2.45, 2.75) is 13.3 Å². The van der Waals surface area contributed by atoms with Crippen molar-refractivity contribution in [3.63, 3.8) is 0 Å². The third kappa shape index (κ3) is 3.93. The molecule has 0 aliphatic heterocycles. The highest BCUT2D eigenvalue weighted by atomic mass is 79.9. The maximum Gasteiger partial charge on any atom is 0.150 e. The summed E-state index contributed by atoms with van der Waals surface area (Å²) >= 11 is 6.84. The molecule has 0 radical (unpaired) electrons. The molecule has 2 N–H and O–H groups in total. The van der Waals surface area contributed by atoms with Gasteiger partial charge in [-0.1, -0.05) is 22.9 Å². The molecule has 0 atom stereocenters. The van der Waals surface area contributed by atoms with Crippen LogP contribution in [-0.4, -0.2) is 16.5 Å². The summed E-state index contributed by atoms with van der Waals surface area (Å²) in [6.07, 6.45) is 2.49. The Morgan fingerprint density at radius 2 is 2.00 bits per heavy atom. The summed E-state index contributed by atoms with van der Waals surface area (Å²) in [5, 5.41) is 15.6. The molecule has 1 aromatic heterocycles. The van der Waals surface area contributed by atoms with Gasteiger partial charge in [0.2, 0.25) is 0 Å². The molecule has 2 rings (SSSR count). The third-order valence-electron chi connectivity index (χ3n) is 2.69. The molecular formula is C14H13Br2N5. The minimum Gasteiger partial charge on any atom is -0.369 e. The lowest BCUT2D eigenvalue weighted by Gasteiger charge is -2.12. The predicted molar refractivity (Wildman–Crippen MR) is 90.7 cm³/mol. The number of hydrogen-bond donors (Lipinski definition) is 2. The van der Waals surface area contributed by atoms with Crippen LogP contribution in [0.2, 0.25) is 0 Å². The highest BCUT2D eigenvalue weighted by Crippen LogP contribution is 2.30. The van der Waals surface area contributed by atoms with Crippen LogP contribution in [0.3, 0.4) is 0 Å². The number of aromatic nitrogens is 2. The maximum absolute atomic E-state index is 9.19. The van der Waals surface area contributed by atoms with Crippen LogP contribution in [-0.2, 0) is 0 Å². The Morgan fingerprint density at radius 1 is 1.24 bits per heavy atom. The van der Waals surface area contributed by atoms with E-state index in [0.717, 1.165) is 27.7 Å². The summed E-state index contributed by atoms with van der Waals surface area (Å²) in [4.78, 5) is 8.40. The second kappa shape index (κ2) is 7.38.